The van der Waals surface area contributed by atoms with E-state index in [0.29, 0.717) is 24.0 Å². The largest absolute Gasteiger partial charge is 0.493 e. The third-order valence-electron chi connectivity index (χ3n) is 5.26. The fourth-order valence-corrected chi connectivity index (χ4v) is 4.20. The molecule has 0 amide bonds. The van der Waals surface area contributed by atoms with Gasteiger partial charge in [0.2, 0.25) is 0 Å². The second kappa shape index (κ2) is 10.1. The van der Waals surface area contributed by atoms with Crippen molar-refractivity contribution in [3.63, 3.8) is 0 Å². The normalized spacial score (nSPS) is 16.1. The molecule has 0 saturated carbocycles. The third-order valence-corrected chi connectivity index (χ3v) is 5.53. The zero-order valence-corrected chi connectivity index (χ0v) is 18.8. The Morgan fingerprint density at radius 3 is 2.60 bits per heavy atom. The number of hydrogen-bond acceptors (Lipinski definition) is 4. The second-order valence-electron chi connectivity index (χ2n) is 7.78. The van der Waals surface area contributed by atoms with Crippen molar-refractivity contribution in [2.75, 3.05) is 27.3 Å². The van der Waals surface area contributed by atoms with Gasteiger partial charge < -0.3 is 20.1 Å². The van der Waals surface area contributed by atoms with Crippen molar-refractivity contribution < 1.29 is 13.9 Å². The molecule has 1 atom stereocenters. The first-order valence-corrected chi connectivity index (χ1v) is 10.6. The number of halogens is 1. The van der Waals surface area contributed by atoms with E-state index >= 15 is 0 Å². The van der Waals surface area contributed by atoms with Crippen molar-refractivity contribution in [3.8, 4) is 11.5 Å². The molecule has 30 heavy (non-hydrogen) atoms. The van der Waals surface area contributed by atoms with Gasteiger partial charge in [-0.25, -0.2) is 4.39 Å². The van der Waals surface area contributed by atoms with Gasteiger partial charge in [0.05, 0.1) is 20.3 Å². The lowest BCUT2D eigenvalue weighted by atomic mass is 9.91. The van der Waals surface area contributed by atoms with Gasteiger partial charge in [0.1, 0.15) is 5.82 Å². The number of nitrogens with one attached hydrogen (secondary N) is 2. The topological polar surface area (TPSA) is 45.8 Å². The zero-order chi connectivity index (χ0) is 21.7. The van der Waals surface area contributed by atoms with Crippen molar-refractivity contribution in [2.45, 2.75) is 38.9 Å². The molecule has 2 aromatic carbocycles. The minimum absolute atomic E-state index is 0.0590. The Bertz CT molecular complexity index is 891. The van der Waals surface area contributed by atoms with E-state index in [0.717, 1.165) is 24.3 Å². The van der Waals surface area contributed by atoms with Crippen molar-refractivity contribution in [3.05, 3.63) is 58.9 Å². The number of thiocarbonyl (C=S) groups is 1. The molecule has 7 heteroatoms. The highest BCUT2D eigenvalue weighted by Gasteiger charge is 2.29. The van der Waals surface area contributed by atoms with Crippen molar-refractivity contribution in [1.29, 1.82) is 0 Å². The van der Waals surface area contributed by atoms with Gasteiger partial charge in [0.15, 0.2) is 16.6 Å². The summed E-state index contributed by atoms with van der Waals surface area (Å²) in [4.78, 5) is 2.36. The SMILES string of the molecule is COc1cc2c(cc1OC)C(CNC(=S)NC(C)C)N(Cc1cccc(F)c1)CC2. The maximum absolute atomic E-state index is 13.7. The van der Waals surface area contributed by atoms with E-state index < -0.39 is 0 Å². The highest BCUT2D eigenvalue weighted by molar-refractivity contribution is 7.80. The highest BCUT2D eigenvalue weighted by Crippen LogP contribution is 2.38. The van der Waals surface area contributed by atoms with E-state index in [4.69, 9.17) is 21.7 Å². The van der Waals surface area contributed by atoms with Crippen LogP contribution in [0.25, 0.3) is 0 Å². The third kappa shape index (κ3) is 5.40. The number of fused-ring (bicyclic) bond motifs is 1. The van der Waals surface area contributed by atoms with Crippen LogP contribution in [0.1, 0.15) is 36.6 Å². The van der Waals surface area contributed by atoms with Gasteiger partial charge in [-0.3, -0.25) is 4.90 Å². The van der Waals surface area contributed by atoms with E-state index in [9.17, 15) is 4.39 Å². The molecule has 0 fully saturated rings. The molecule has 1 heterocycles. The van der Waals surface area contributed by atoms with Gasteiger partial charge in [-0.05, 0) is 73.4 Å². The number of ether oxygens (including phenoxy) is 2. The van der Waals surface area contributed by atoms with Gasteiger partial charge in [-0.1, -0.05) is 12.1 Å². The maximum Gasteiger partial charge on any atom is 0.166 e. The standard InChI is InChI=1S/C23H30FN3O2S/c1-15(2)26-23(30)25-13-20-19-12-22(29-4)21(28-3)11-17(19)8-9-27(20)14-16-6-5-7-18(24)10-16/h5-7,10-12,15,20H,8-9,13-14H2,1-4H3,(H2,25,26,30). The van der Waals surface area contributed by atoms with Crippen LogP contribution in [-0.4, -0.2) is 43.4 Å². The van der Waals surface area contributed by atoms with Crippen LogP contribution in [0.3, 0.4) is 0 Å². The molecular formula is C23H30FN3O2S. The summed E-state index contributed by atoms with van der Waals surface area (Å²) in [5, 5.41) is 7.21. The molecule has 2 aromatic rings. The smallest absolute Gasteiger partial charge is 0.166 e. The molecule has 2 N–H and O–H groups in total. The summed E-state index contributed by atoms with van der Waals surface area (Å²) in [6.07, 6.45) is 0.885. The number of hydrogen-bond donors (Lipinski definition) is 2. The van der Waals surface area contributed by atoms with Gasteiger partial charge in [-0.15, -0.1) is 0 Å². The molecule has 0 saturated heterocycles. The molecule has 0 aromatic heterocycles. The molecule has 5 nitrogen and oxygen atoms in total. The Morgan fingerprint density at radius 2 is 1.93 bits per heavy atom. The molecule has 0 aliphatic carbocycles. The fourth-order valence-electron chi connectivity index (χ4n) is 3.88. The Labute approximate surface area is 183 Å². The van der Waals surface area contributed by atoms with Crippen LogP contribution in [0.4, 0.5) is 4.39 Å². The molecular weight excluding hydrogens is 401 g/mol. The molecule has 3 rings (SSSR count). The zero-order valence-electron chi connectivity index (χ0n) is 18.0. The monoisotopic (exact) mass is 431 g/mol. The Balaban J connectivity index is 1.89. The number of nitrogens with zero attached hydrogens (tertiary/aromatic N) is 1. The van der Waals surface area contributed by atoms with E-state index in [2.05, 4.69) is 41.5 Å². The average Bonchev–Trinajstić information content (AvgIpc) is 2.71. The predicted octanol–water partition coefficient (Wildman–Crippen LogP) is 3.81. The molecule has 1 unspecified atom stereocenters. The lowest BCUT2D eigenvalue weighted by Gasteiger charge is -2.38. The van der Waals surface area contributed by atoms with Crippen LogP contribution < -0.4 is 20.1 Å². The lowest BCUT2D eigenvalue weighted by Crippen LogP contribution is -2.45. The molecule has 0 spiro atoms. The summed E-state index contributed by atoms with van der Waals surface area (Å²) in [5.41, 5.74) is 3.36. The number of benzene rings is 2. The minimum Gasteiger partial charge on any atom is -0.493 e. The Hall–Kier alpha value is -2.38. The van der Waals surface area contributed by atoms with Gasteiger partial charge in [-0.2, -0.15) is 0 Å². The molecule has 1 aliphatic rings. The van der Waals surface area contributed by atoms with E-state index in [1.807, 2.05) is 6.07 Å². The van der Waals surface area contributed by atoms with Crippen molar-refractivity contribution in [1.82, 2.24) is 15.5 Å². The Kier molecular flexibility index (Phi) is 7.50. The summed E-state index contributed by atoms with van der Waals surface area (Å²) in [7, 11) is 3.30. The summed E-state index contributed by atoms with van der Waals surface area (Å²) in [5.74, 6) is 1.23. The second-order valence-corrected chi connectivity index (χ2v) is 8.19. The summed E-state index contributed by atoms with van der Waals surface area (Å²) < 4.78 is 24.8. The van der Waals surface area contributed by atoms with Crippen molar-refractivity contribution in [2.24, 2.45) is 0 Å². The maximum atomic E-state index is 13.7. The average molecular weight is 432 g/mol. The van der Waals surface area contributed by atoms with Crippen LogP contribution in [0.2, 0.25) is 0 Å². The summed E-state index contributed by atoms with van der Waals surface area (Å²) in [6, 6.07) is 11.2. The number of rotatable bonds is 7. The lowest BCUT2D eigenvalue weighted by molar-refractivity contribution is 0.176. The van der Waals surface area contributed by atoms with Crippen molar-refractivity contribution >= 4 is 17.3 Å². The van der Waals surface area contributed by atoms with Crippen LogP contribution in [-0.2, 0) is 13.0 Å². The first-order valence-electron chi connectivity index (χ1n) is 10.2. The van der Waals surface area contributed by atoms with E-state index in [1.165, 1.54) is 17.2 Å². The first-order chi connectivity index (χ1) is 14.4. The van der Waals surface area contributed by atoms with Crippen LogP contribution >= 0.6 is 12.2 Å². The molecule has 0 radical (unpaired) electrons. The quantitative estimate of drug-likeness (QED) is 0.650. The molecule has 0 bridgehead atoms. The van der Waals surface area contributed by atoms with E-state index in [1.54, 1.807) is 26.4 Å². The van der Waals surface area contributed by atoms with Crippen LogP contribution in [0.15, 0.2) is 36.4 Å². The highest BCUT2D eigenvalue weighted by atomic mass is 32.1. The first kappa shape index (κ1) is 22.3. The fraction of sp³-hybridized carbons (Fsp3) is 0.435. The van der Waals surface area contributed by atoms with Gasteiger partial charge in [0.25, 0.3) is 0 Å². The minimum atomic E-state index is -0.215. The Morgan fingerprint density at radius 1 is 1.20 bits per heavy atom. The molecule has 1 aliphatic heterocycles. The number of methoxy groups -OCH3 is 2. The van der Waals surface area contributed by atoms with Gasteiger partial charge >= 0.3 is 0 Å². The predicted molar refractivity (Wildman–Crippen MR) is 122 cm³/mol. The summed E-state index contributed by atoms with van der Waals surface area (Å²) in [6.45, 7) is 6.25. The van der Waals surface area contributed by atoms with E-state index in [-0.39, 0.29) is 17.9 Å². The van der Waals surface area contributed by atoms with Crippen LogP contribution in [0, 0.1) is 5.82 Å². The van der Waals surface area contributed by atoms with Crippen LogP contribution in [0.5, 0.6) is 11.5 Å². The molecule has 162 valence electrons. The van der Waals surface area contributed by atoms with Gasteiger partial charge in [0, 0.05) is 25.7 Å². The summed E-state index contributed by atoms with van der Waals surface area (Å²) >= 11 is 5.44.